The van der Waals surface area contributed by atoms with Gasteiger partial charge in [0.2, 0.25) is 11.8 Å². The molecule has 0 aromatic heterocycles. The molecule has 1 heterocycles. The number of benzene rings is 1. The van der Waals surface area contributed by atoms with Gasteiger partial charge in [0.1, 0.15) is 0 Å². The van der Waals surface area contributed by atoms with E-state index in [1.807, 2.05) is 37.3 Å². The Labute approximate surface area is 137 Å². The first-order valence-electron chi connectivity index (χ1n) is 8.28. The molecule has 0 aliphatic carbocycles. The Kier molecular flexibility index (Phi) is 6.16. The minimum atomic E-state index is -0.305. The van der Waals surface area contributed by atoms with Crippen LogP contribution in [-0.2, 0) is 9.59 Å². The molecule has 0 bridgehead atoms. The molecule has 0 spiro atoms. The Hall–Kier alpha value is -1.88. The summed E-state index contributed by atoms with van der Waals surface area (Å²) >= 11 is 0. The third kappa shape index (κ3) is 4.55. The van der Waals surface area contributed by atoms with Crippen LogP contribution in [-0.4, -0.2) is 59.5 Å². The van der Waals surface area contributed by atoms with Gasteiger partial charge < -0.3 is 14.9 Å². The number of carbonyl (C=O) groups is 2. The minimum absolute atomic E-state index is 0.0240. The van der Waals surface area contributed by atoms with Crippen LogP contribution in [0.25, 0.3) is 0 Å². The predicted molar refractivity (Wildman–Crippen MR) is 88.9 cm³/mol. The van der Waals surface area contributed by atoms with Gasteiger partial charge in [-0.05, 0) is 24.8 Å². The van der Waals surface area contributed by atoms with Gasteiger partial charge in [-0.15, -0.1) is 0 Å². The summed E-state index contributed by atoms with van der Waals surface area (Å²) in [6, 6.07) is 9.69. The van der Waals surface area contributed by atoms with Crippen LogP contribution in [0.15, 0.2) is 30.3 Å². The van der Waals surface area contributed by atoms with E-state index in [0.29, 0.717) is 32.4 Å². The van der Waals surface area contributed by atoms with E-state index in [0.717, 1.165) is 5.56 Å². The molecule has 0 radical (unpaired) electrons. The summed E-state index contributed by atoms with van der Waals surface area (Å²) in [5.74, 6) is -0.281. The van der Waals surface area contributed by atoms with Gasteiger partial charge in [-0.25, -0.2) is 0 Å². The van der Waals surface area contributed by atoms with Crippen molar-refractivity contribution in [3.8, 4) is 0 Å². The van der Waals surface area contributed by atoms with Crippen LogP contribution < -0.4 is 0 Å². The third-order valence-corrected chi connectivity index (χ3v) is 4.47. The van der Waals surface area contributed by atoms with E-state index in [1.54, 1.807) is 11.9 Å². The Morgan fingerprint density at radius 2 is 1.87 bits per heavy atom. The molecule has 23 heavy (non-hydrogen) atoms. The molecule has 2 amide bonds. The van der Waals surface area contributed by atoms with Gasteiger partial charge in [0.05, 0.1) is 18.6 Å². The molecular formula is C18H26N2O3. The van der Waals surface area contributed by atoms with Gasteiger partial charge >= 0.3 is 0 Å². The number of rotatable bonds is 5. The summed E-state index contributed by atoms with van der Waals surface area (Å²) in [6.07, 6.45) is 1.63. The summed E-state index contributed by atoms with van der Waals surface area (Å²) in [4.78, 5) is 28.2. The molecule has 1 aromatic carbocycles. The lowest BCUT2D eigenvalue weighted by atomic mass is 9.95. The molecule has 126 valence electrons. The second-order valence-corrected chi connectivity index (χ2v) is 6.18. The number of aliphatic hydroxyl groups excluding tert-OH is 1. The fourth-order valence-corrected chi connectivity index (χ4v) is 3.00. The highest BCUT2D eigenvalue weighted by molar-refractivity contribution is 5.88. The number of amides is 2. The van der Waals surface area contributed by atoms with Gasteiger partial charge in [0.25, 0.3) is 0 Å². The van der Waals surface area contributed by atoms with Crippen molar-refractivity contribution in [3.63, 3.8) is 0 Å². The van der Waals surface area contributed by atoms with E-state index in [4.69, 9.17) is 0 Å². The maximum absolute atomic E-state index is 12.7. The number of nitrogens with zero attached hydrogens (tertiary/aromatic N) is 2. The SMILES string of the molecule is CCC(C(=O)N(C)CC(=O)N1CCC(O)CC1)c1ccccc1. The van der Waals surface area contributed by atoms with Crippen molar-refractivity contribution in [2.75, 3.05) is 26.7 Å². The number of likely N-dealkylation sites (N-methyl/N-ethyl adjacent to an activating group) is 1. The second kappa shape index (κ2) is 8.11. The van der Waals surface area contributed by atoms with E-state index < -0.39 is 0 Å². The zero-order valence-corrected chi connectivity index (χ0v) is 13.9. The number of piperidine rings is 1. The molecule has 1 atom stereocenters. The van der Waals surface area contributed by atoms with Crippen LogP contribution in [0.3, 0.4) is 0 Å². The highest BCUT2D eigenvalue weighted by Crippen LogP contribution is 2.21. The van der Waals surface area contributed by atoms with Crippen molar-refractivity contribution in [2.45, 2.75) is 38.2 Å². The Morgan fingerprint density at radius 1 is 1.26 bits per heavy atom. The number of hydrogen-bond donors (Lipinski definition) is 1. The van der Waals surface area contributed by atoms with Crippen LogP contribution >= 0.6 is 0 Å². The van der Waals surface area contributed by atoms with Crippen molar-refractivity contribution in [2.24, 2.45) is 0 Å². The average molecular weight is 318 g/mol. The summed E-state index contributed by atoms with van der Waals surface area (Å²) in [5, 5.41) is 9.51. The van der Waals surface area contributed by atoms with Gasteiger partial charge in [-0.3, -0.25) is 9.59 Å². The van der Waals surface area contributed by atoms with E-state index >= 15 is 0 Å². The number of likely N-dealkylation sites (tertiary alicyclic amines) is 1. The normalized spacial score (nSPS) is 16.9. The van der Waals surface area contributed by atoms with E-state index in [9.17, 15) is 14.7 Å². The van der Waals surface area contributed by atoms with Crippen molar-refractivity contribution < 1.29 is 14.7 Å². The largest absolute Gasteiger partial charge is 0.393 e. The van der Waals surface area contributed by atoms with Gasteiger partial charge in [-0.2, -0.15) is 0 Å². The zero-order valence-electron chi connectivity index (χ0n) is 13.9. The lowest BCUT2D eigenvalue weighted by molar-refractivity contribution is -0.141. The van der Waals surface area contributed by atoms with Gasteiger partial charge in [0, 0.05) is 20.1 Å². The van der Waals surface area contributed by atoms with E-state index in [1.165, 1.54) is 4.90 Å². The molecule has 1 unspecified atom stereocenters. The quantitative estimate of drug-likeness (QED) is 0.897. The molecule has 5 heteroatoms. The number of aliphatic hydroxyl groups is 1. The summed E-state index contributed by atoms with van der Waals surface area (Å²) in [6.45, 7) is 3.21. The molecular weight excluding hydrogens is 292 g/mol. The van der Waals surface area contributed by atoms with Crippen LogP contribution in [0.5, 0.6) is 0 Å². The molecule has 1 aliphatic heterocycles. The predicted octanol–water partition coefficient (Wildman–Crippen LogP) is 1.62. The van der Waals surface area contributed by atoms with Crippen molar-refractivity contribution in [1.82, 2.24) is 9.80 Å². The van der Waals surface area contributed by atoms with E-state index in [2.05, 4.69) is 0 Å². The first kappa shape index (κ1) is 17.5. The van der Waals surface area contributed by atoms with Crippen molar-refractivity contribution in [1.29, 1.82) is 0 Å². The molecule has 5 nitrogen and oxygen atoms in total. The van der Waals surface area contributed by atoms with Crippen molar-refractivity contribution >= 4 is 11.8 Å². The van der Waals surface area contributed by atoms with Crippen LogP contribution in [0, 0.1) is 0 Å². The first-order valence-corrected chi connectivity index (χ1v) is 8.28. The molecule has 1 saturated heterocycles. The standard InChI is InChI=1S/C18H26N2O3/c1-3-16(14-7-5-4-6-8-14)18(23)19(2)13-17(22)20-11-9-15(21)10-12-20/h4-8,15-16,21H,3,9-13H2,1-2H3. The monoisotopic (exact) mass is 318 g/mol. The molecule has 1 fully saturated rings. The number of carbonyl (C=O) groups excluding carboxylic acids is 2. The smallest absolute Gasteiger partial charge is 0.242 e. The third-order valence-electron chi connectivity index (χ3n) is 4.47. The lowest BCUT2D eigenvalue weighted by Crippen LogP contribution is -2.46. The molecule has 1 N–H and O–H groups in total. The summed E-state index contributed by atoms with van der Waals surface area (Å²) in [7, 11) is 1.69. The first-order chi connectivity index (χ1) is 11.0. The lowest BCUT2D eigenvalue weighted by Gasteiger charge is -2.31. The maximum Gasteiger partial charge on any atom is 0.242 e. The van der Waals surface area contributed by atoms with Crippen LogP contribution in [0.4, 0.5) is 0 Å². The second-order valence-electron chi connectivity index (χ2n) is 6.18. The molecule has 1 aliphatic rings. The zero-order chi connectivity index (χ0) is 16.8. The fourth-order valence-electron chi connectivity index (χ4n) is 3.00. The average Bonchev–Trinajstić information content (AvgIpc) is 2.57. The molecule has 1 aromatic rings. The topological polar surface area (TPSA) is 60.9 Å². The molecule has 2 rings (SSSR count). The fraction of sp³-hybridized carbons (Fsp3) is 0.556. The van der Waals surface area contributed by atoms with Crippen LogP contribution in [0.1, 0.15) is 37.7 Å². The summed E-state index contributed by atoms with van der Waals surface area (Å²) < 4.78 is 0. The Bertz CT molecular complexity index is 524. The van der Waals surface area contributed by atoms with Crippen molar-refractivity contribution in [3.05, 3.63) is 35.9 Å². The highest BCUT2D eigenvalue weighted by Gasteiger charge is 2.26. The van der Waals surface area contributed by atoms with E-state index in [-0.39, 0.29) is 30.4 Å². The highest BCUT2D eigenvalue weighted by atomic mass is 16.3. The Balaban J connectivity index is 1.94. The molecule has 0 saturated carbocycles. The maximum atomic E-state index is 12.7. The minimum Gasteiger partial charge on any atom is -0.393 e. The summed E-state index contributed by atoms with van der Waals surface area (Å²) in [5.41, 5.74) is 0.986. The Morgan fingerprint density at radius 3 is 2.43 bits per heavy atom. The van der Waals surface area contributed by atoms with Gasteiger partial charge in [-0.1, -0.05) is 37.3 Å². The van der Waals surface area contributed by atoms with Crippen LogP contribution in [0.2, 0.25) is 0 Å². The van der Waals surface area contributed by atoms with Gasteiger partial charge in [0.15, 0.2) is 0 Å². The number of hydrogen-bond acceptors (Lipinski definition) is 3.